The van der Waals surface area contributed by atoms with Gasteiger partial charge in [0.25, 0.3) is 0 Å². The van der Waals surface area contributed by atoms with Crippen molar-refractivity contribution >= 4 is 0 Å². The summed E-state index contributed by atoms with van der Waals surface area (Å²) in [5.41, 5.74) is 0. The molecule has 33 heavy (non-hydrogen) atoms. The van der Waals surface area contributed by atoms with Gasteiger partial charge in [-0.25, -0.2) is 0 Å². The van der Waals surface area contributed by atoms with Gasteiger partial charge in [-0.05, 0) is 5.92 Å². The van der Waals surface area contributed by atoms with E-state index in [-0.39, 0.29) is 0 Å². The lowest BCUT2D eigenvalue weighted by atomic mass is 9.96. The molecule has 1 atom stereocenters. The highest BCUT2D eigenvalue weighted by Crippen LogP contribution is 2.19. The summed E-state index contributed by atoms with van der Waals surface area (Å²) in [6.07, 6.45) is 42.8. The lowest BCUT2D eigenvalue weighted by molar-refractivity contribution is 0.433. The number of hydrogen-bond donors (Lipinski definition) is 0. The highest BCUT2D eigenvalue weighted by molar-refractivity contribution is 4.56. The highest BCUT2D eigenvalue weighted by Gasteiger charge is 2.02. The lowest BCUT2D eigenvalue weighted by Gasteiger charge is -2.10. The van der Waals surface area contributed by atoms with Gasteiger partial charge in [0.2, 0.25) is 0 Å². The predicted molar refractivity (Wildman–Crippen MR) is 154 cm³/mol. The van der Waals surface area contributed by atoms with E-state index in [1.54, 1.807) is 0 Å². The molecule has 0 nitrogen and oxygen atoms in total. The van der Waals surface area contributed by atoms with Crippen LogP contribution in [0.2, 0.25) is 0 Å². The van der Waals surface area contributed by atoms with Crippen molar-refractivity contribution in [3.63, 3.8) is 0 Å². The van der Waals surface area contributed by atoms with Gasteiger partial charge in [-0.15, -0.1) is 0 Å². The molecular formula is C33H68. The van der Waals surface area contributed by atoms with Gasteiger partial charge in [0.1, 0.15) is 0 Å². The summed E-state index contributed by atoms with van der Waals surface area (Å²) in [6, 6.07) is 0. The van der Waals surface area contributed by atoms with E-state index in [2.05, 4.69) is 20.8 Å². The van der Waals surface area contributed by atoms with Gasteiger partial charge in [0.15, 0.2) is 0 Å². The smallest absolute Gasteiger partial charge is 0.0443 e. The lowest BCUT2D eigenvalue weighted by Crippen LogP contribution is -1.95. The second-order valence-electron chi connectivity index (χ2n) is 11.5. The molecule has 0 fully saturated rings. The third-order valence-electron chi connectivity index (χ3n) is 7.85. The van der Waals surface area contributed by atoms with Gasteiger partial charge in [0.05, 0.1) is 0 Å². The highest BCUT2D eigenvalue weighted by atomic mass is 14.1. The average molecular weight is 465 g/mol. The van der Waals surface area contributed by atoms with Gasteiger partial charge in [0, 0.05) is 0 Å². The molecule has 0 saturated heterocycles. The van der Waals surface area contributed by atoms with Crippen LogP contribution in [0.25, 0.3) is 0 Å². The third-order valence-corrected chi connectivity index (χ3v) is 7.85. The van der Waals surface area contributed by atoms with Crippen molar-refractivity contribution in [2.24, 2.45) is 5.92 Å². The Hall–Kier alpha value is 0. The van der Waals surface area contributed by atoms with E-state index >= 15 is 0 Å². The Labute approximate surface area is 212 Å². The van der Waals surface area contributed by atoms with Gasteiger partial charge >= 0.3 is 0 Å². The molecule has 0 radical (unpaired) electrons. The Morgan fingerprint density at radius 2 is 0.455 bits per heavy atom. The molecule has 0 aliphatic heterocycles. The molecule has 0 aliphatic rings. The quantitative estimate of drug-likeness (QED) is 0.0965. The van der Waals surface area contributed by atoms with Crippen LogP contribution in [0.4, 0.5) is 0 Å². The summed E-state index contributed by atoms with van der Waals surface area (Å²) in [7, 11) is 0. The van der Waals surface area contributed by atoms with Crippen LogP contribution in [0.3, 0.4) is 0 Å². The maximum Gasteiger partial charge on any atom is -0.0443 e. The van der Waals surface area contributed by atoms with Crippen LogP contribution < -0.4 is 0 Å². The minimum absolute atomic E-state index is 0.969. The van der Waals surface area contributed by atoms with E-state index in [0.29, 0.717) is 0 Å². The van der Waals surface area contributed by atoms with Gasteiger partial charge in [-0.3, -0.25) is 0 Å². The standard InChI is InChI=1S/C33H68/c1-4-6-8-10-11-12-13-14-15-16-17-18-19-20-21-22-23-24-25-26-27-28-30-32-33(3)31-29-9-7-5-2/h33H,4-32H2,1-3H3. The monoisotopic (exact) mass is 465 g/mol. The van der Waals surface area contributed by atoms with Crippen LogP contribution in [0.15, 0.2) is 0 Å². The molecule has 0 saturated carbocycles. The summed E-state index contributed by atoms with van der Waals surface area (Å²) in [5.74, 6) is 0.969. The first-order valence-corrected chi connectivity index (χ1v) is 16.3. The predicted octanol–water partition coefficient (Wildman–Crippen LogP) is 13.0. The van der Waals surface area contributed by atoms with Crippen molar-refractivity contribution in [2.45, 2.75) is 207 Å². The average Bonchev–Trinajstić information content (AvgIpc) is 2.82. The van der Waals surface area contributed by atoms with Crippen LogP contribution in [-0.4, -0.2) is 0 Å². The molecule has 0 rings (SSSR count). The molecule has 0 heterocycles. The fourth-order valence-corrected chi connectivity index (χ4v) is 5.34. The molecule has 0 aromatic rings. The minimum atomic E-state index is 0.969. The summed E-state index contributed by atoms with van der Waals surface area (Å²) in [4.78, 5) is 0. The zero-order chi connectivity index (χ0) is 24.1. The Morgan fingerprint density at radius 3 is 0.697 bits per heavy atom. The molecule has 0 amide bonds. The van der Waals surface area contributed by atoms with Crippen LogP contribution in [0.1, 0.15) is 207 Å². The summed E-state index contributed by atoms with van der Waals surface area (Å²) >= 11 is 0. The van der Waals surface area contributed by atoms with E-state index in [0.717, 1.165) is 5.92 Å². The number of unbranched alkanes of at least 4 members (excludes halogenated alkanes) is 25. The Morgan fingerprint density at radius 1 is 0.273 bits per heavy atom. The Bertz CT molecular complexity index is 320. The van der Waals surface area contributed by atoms with Crippen molar-refractivity contribution in [1.82, 2.24) is 0 Å². The first-order valence-electron chi connectivity index (χ1n) is 16.3. The molecule has 0 aromatic heterocycles. The maximum absolute atomic E-state index is 2.48. The van der Waals surface area contributed by atoms with E-state index in [1.807, 2.05) is 0 Å². The van der Waals surface area contributed by atoms with Crippen molar-refractivity contribution in [1.29, 1.82) is 0 Å². The van der Waals surface area contributed by atoms with E-state index < -0.39 is 0 Å². The zero-order valence-electron chi connectivity index (χ0n) is 24.1. The van der Waals surface area contributed by atoms with Crippen LogP contribution >= 0.6 is 0 Å². The maximum atomic E-state index is 2.48. The van der Waals surface area contributed by atoms with Crippen LogP contribution in [0.5, 0.6) is 0 Å². The summed E-state index contributed by atoms with van der Waals surface area (Å²) < 4.78 is 0. The van der Waals surface area contributed by atoms with Crippen molar-refractivity contribution in [3.05, 3.63) is 0 Å². The number of hydrogen-bond acceptors (Lipinski definition) is 0. The first kappa shape index (κ1) is 33.0. The molecular weight excluding hydrogens is 396 g/mol. The summed E-state index contributed by atoms with van der Waals surface area (Å²) in [6.45, 7) is 7.09. The number of rotatable bonds is 29. The molecule has 0 aliphatic carbocycles. The zero-order valence-corrected chi connectivity index (χ0v) is 24.1. The summed E-state index contributed by atoms with van der Waals surface area (Å²) in [5, 5.41) is 0. The first-order chi connectivity index (χ1) is 16.3. The Kier molecular flexibility index (Phi) is 30.0. The van der Waals surface area contributed by atoms with E-state index in [1.165, 1.54) is 186 Å². The molecule has 200 valence electrons. The topological polar surface area (TPSA) is 0 Å². The van der Waals surface area contributed by atoms with Crippen molar-refractivity contribution < 1.29 is 0 Å². The molecule has 0 heteroatoms. The van der Waals surface area contributed by atoms with Crippen molar-refractivity contribution in [3.8, 4) is 0 Å². The molecule has 0 aromatic carbocycles. The molecule has 0 N–H and O–H groups in total. The largest absolute Gasteiger partial charge is 0.0654 e. The van der Waals surface area contributed by atoms with E-state index in [9.17, 15) is 0 Å². The minimum Gasteiger partial charge on any atom is -0.0654 e. The fraction of sp³-hybridized carbons (Fsp3) is 1.00. The van der Waals surface area contributed by atoms with Gasteiger partial charge < -0.3 is 0 Å². The second-order valence-corrected chi connectivity index (χ2v) is 11.5. The van der Waals surface area contributed by atoms with Crippen LogP contribution in [0, 0.1) is 5.92 Å². The molecule has 0 bridgehead atoms. The van der Waals surface area contributed by atoms with Gasteiger partial charge in [-0.2, -0.15) is 0 Å². The Balaban J connectivity index is 3.06. The SMILES string of the molecule is CCCCCCCCCCCCCCCCCCCCCCCCCC(C)CCCCCC. The van der Waals surface area contributed by atoms with Crippen LogP contribution in [-0.2, 0) is 0 Å². The third kappa shape index (κ3) is 30.0. The fourth-order valence-electron chi connectivity index (χ4n) is 5.34. The second kappa shape index (κ2) is 30.0. The molecule has 0 spiro atoms. The normalized spacial score (nSPS) is 12.5. The molecule has 1 unspecified atom stereocenters. The van der Waals surface area contributed by atoms with Crippen molar-refractivity contribution in [2.75, 3.05) is 0 Å². The van der Waals surface area contributed by atoms with E-state index in [4.69, 9.17) is 0 Å². The van der Waals surface area contributed by atoms with Gasteiger partial charge in [-0.1, -0.05) is 207 Å².